The van der Waals surface area contributed by atoms with Crippen LogP contribution in [0.2, 0.25) is 0 Å². The first-order valence-electron chi connectivity index (χ1n) is 7.69. The molecule has 0 aliphatic heterocycles. The van der Waals surface area contributed by atoms with E-state index >= 15 is 0 Å². The Morgan fingerprint density at radius 3 is 2.71 bits per heavy atom. The number of carbonyl (C=O) groups is 1. The van der Waals surface area contributed by atoms with Crippen molar-refractivity contribution >= 4 is 5.97 Å². The molecule has 0 amide bonds. The van der Waals surface area contributed by atoms with Crippen molar-refractivity contribution in [2.24, 2.45) is 11.3 Å². The fourth-order valence-corrected chi connectivity index (χ4v) is 3.30. The second-order valence-corrected chi connectivity index (χ2v) is 6.76. The SMILES string of the molecule is CCOC(=O)c1ccc(OC2CC(C)CC(C)(C)C2)nc1. The van der Waals surface area contributed by atoms with Crippen LogP contribution in [0.3, 0.4) is 0 Å². The van der Waals surface area contributed by atoms with E-state index in [0.29, 0.717) is 29.4 Å². The molecule has 0 aromatic carbocycles. The van der Waals surface area contributed by atoms with Gasteiger partial charge in [0, 0.05) is 12.3 Å². The van der Waals surface area contributed by atoms with E-state index < -0.39 is 0 Å². The predicted octanol–water partition coefficient (Wildman–Crippen LogP) is 3.85. The Morgan fingerprint density at radius 2 is 2.14 bits per heavy atom. The number of ether oxygens (including phenoxy) is 2. The minimum Gasteiger partial charge on any atom is -0.474 e. The van der Waals surface area contributed by atoms with Crippen molar-refractivity contribution in [1.82, 2.24) is 4.98 Å². The molecule has 1 saturated carbocycles. The summed E-state index contributed by atoms with van der Waals surface area (Å²) in [6.45, 7) is 9.00. The van der Waals surface area contributed by atoms with Gasteiger partial charge >= 0.3 is 5.97 Å². The molecule has 1 fully saturated rings. The highest BCUT2D eigenvalue weighted by Gasteiger charge is 2.33. The lowest BCUT2D eigenvalue weighted by Gasteiger charge is -2.38. The van der Waals surface area contributed by atoms with Gasteiger partial charge in [-0.25, -0.2) is 9.78 Å². The first-order valence-corrected chi connectivity index (χ1v) is 7.69. The molecule has 0 radical (unpaired) electrons. The van der Waals surface area contributed by atoms with Crippen LogP contribution >= 0.6 is 0 Å². The fraction of sp³-hybridized carbons (Fsp3) is 0.647. The molecule has 0 spiro atoms. The van der Waals surface area contributed by atoms with E-state index in [9.17, 15) is 4.79 Å². The maximum atomic E-state index is 11.6. The van der Waals surface area contributed by atoms with Gasteiger partial charge in [-0.05, 0) is 43.6 Å². The summed E-state index contributed by atoms with van der Waals surface area (Å²) in [6, 6.07) is 3.45. The normalized spacial score (nSPS) is 24.4. The molecule has 4 nitrogen and oxygen atoms in total. The lowest BCUT2D eigenvalue weighted by molar-refractivity contribution is 0.0520. The molecule has 1 aliphatic rings. The molecule has 1 aromatic rings. The summed E-state index contributed by atoms with van der Waals surface area (Å²) < 4.78 is 10.9. The van der Waals surface area contributed by atoms with Crippen molar-refractivity contribution in [1.29, 1.82) is 0 Å². The Hall–Kier alpha value is -1.58. The predicted molar refractivity (Wildman–Crippen MR) is 81.4 cm³/mol. The summed E-state index contributed by atoms with van der Waals surface area (Å²) in [7, 11) is 0. The summed E-state index contributed by atoms with van der Waals surface area (Å²) in [5.74, 6) is 0.902. The highest BCUT2D eigenvalue weighted by molar-refractivity contribution is 5.89. The standard InChI is InChI=1S/C17H25NO3/c1-5-20-16(19)13-6-7-15(18-11-13)21-14-8-12(2)9-17(3,4)10-14/h6-7,11-12,14H,5,8-10H2,1-4H3. The number of hydrogen-bond acceptors (Lipinski definition) is 4. The van der Waals surface area contributed by atoms with Gasteiger partial charge in [-0.1, -0.05) is 20.8 Å². The topological polar surface area (TPSA) is 48.4 Å². The van der Waals surface area contributed by atoms with Crippen molar-refractivity contribution in [2.45, 2.75) is 53.1 Å². The van der Waals surface area contributed by atoms with Gasteiger partial charge in [0.1, 0.15) is 6.10 Å². The number of nitrogens with zero attached hydrogens (tertiary/aromatic N) is 1. The van der Waals surface area contributed by atoms with Crippen LogP contribution in [0.4, 0.5) is 0 Å². The Balaban J connectivity index is 1.98. The monoisotopic (exact) mass is 291 g/mol. The summed E-state index contributed by atoms with van der Waals surface area (Å²) in [6.07, 6.45) is 5.06. The van der Waals surface area contributed by atoms with Crippen LogP contribution < -0.4 is 4.74 Å². The van der Waals surface area contributed by atoms with Gasteiger partial charge in [0.2, 0.25) is 5.88 Å². The molecule has 0 bridgehead atoms. The molecule has 0 N–H and O–H groups in total. The van der Waals surface area contributed by atoms with Gasteiger partial charge in [-0.3, -0.25) is 0 Å². The lowest BCUT2D eigenvalue weighted by atomic mass is 9.71. The Kier molecular flexibility index (Phi) is 4.86. The second-order valence-electron chi connectivity index (χ2n) is 6.76. The molecular weight excluding hydrogens is 266 g/mol. The van der Waals surface area contributed by atoms with Crippen molar-refractivity contribution in [3.05, 3.63) is 23.9 Å². The second kappa shape index (κ2) is 6.46. The van der Waals surface area contributed by atoms with E-state index in [4.69, 9.17) is 9.47 Å². The van der Waals surface area contributed by atoms with Gasteiger partial charge in [0.25, 0.3) is 0 Å². The zero-order valence-corrected chi connectivity index (χ0v) is 13.4. The highest BCUT2D eigenvalue weighted by atomic mass is 16.5. The van der Waals surface area contributed by atoms with E-state index in [-0.39, 0.29) is 12.1 Å². The Bertz CT molecular complexity index is 481. The number of aromatic nitrogens is 1. The van der Waals surface area contributed by atoms with Gasteiger partial charge in [0.05, 0.1) is 12.2 Å². The number of carbonyl (C=O) groups excluding carboxylic acids is 1. The summed E-state index contributed by atoms with van der Waals surface area (Å²) in [5, 5.41) is 0. The van der Waals surface area contributed by atoms with Crippen molar-refractivity contribution < 1.29 is 14.3 Å². The average Bonchev–Trinajstić information content (AvgIpc) is 2.37. The minimum atomic E-state index is -0.344. The van der Waals surface area contributed by atoms with Crippen LogP contribution in [0.5, 0.6) is 5.88 Å². The number of hydrogen-bond donors (Lipinski definition) is 0. The molecule has 1 aromatic heterocycles. The Morgan fingerprint density at radius 1 is 1.38 bits per heavy atom. The van der Waals surface area contributed by atoms with Crippen molar-refractivity contribution in [3.8, 4) is 5.88 Å². The highest BCUT2D eigenvalue weighted by Crippen LogP contribution is 2.39. The molecule has 0 saturated heterocycles. The quantitative estimate of drug-likeness (QED) is 0.791. The maximum Gasteiger partial charge on any atom is 0.339 e. The average molecular weight is 291 g/mol. The van der Waals surface area contributed by atoms with Gasteiger partial charge < -0.3 is 9.47 Å². The largest absolute Gasteiger partial charge is 0.474 e. The third kappa shape index (κ3) is 4.45. The molecule has 1 aliphatic carbocycles. The molecule has 1 heterocycles. The molecular formula is C17H25NO3. The van der Waals surface area contributed by atoms with Crippen molar-refractivity contribution in [2.75, 3.05) is 6.61 Å². The van der Waals surface area contributed by atoms with Gasteiger partial charge in [0.15, 0.2) is 0 Å². The molecule has 2 atom stereocenters. The van der Waals surface area contributed by atoms with E-state index in [0.717, 1.165) is 12.8 Å². The zero-order chi connectivity index (χ0) is 15.5. The van der Waals surface area contributed by atoms with Crippen LogP contribution in [0.15, 0.2) is 18.3 Å². The summed E-state index contributed by atoms with van der Waals surface area (Å²) in [4.78, 5) is 15.8. The number of pyridine rings is 1. The Labute approximate surface area is 126 Å². The third-order valence-corrected chi connectivity index (χ3v) is 3.88. The fourth-order valence-electron chi connectivity index (χ4n) is 3.30. The maximum absolute atomic E-state index is 11.6. The van der Waals surface area contributed by atoms with Gasteiger partial charge in [-0.2, -0.15) is 0 Å². The molecule has 4 heteroatoms. The molecule has 2 rings (SSSR count). The lowest BCUT2D eigenvalue weighted by Crippen LogP contribution is -2.34. The van der Waals surface area contributed by atoms with Crippen LogP contribution in [0.1, 0.15) is 57.3 Å². The summed E-state index contributed by atoms with van der Waals surface area (Å²) >= 11 is 0. The summed E-state index contributed by atoms with van der Waals surface area (Å²) in [5.41, 5.74) is 0.772. The number of rotatable bonds is 4. The van der Waals surface area contributed by atoms with Gasteiger partial charge in [-0.15, -0.1) is 0 Å². The zero-order valence-electron chi connectivity index (χ0n) is 13.4. The molecule has 2 unspecified atom stereocenters. The van der Waals surface area contributed by atoms with E-state index in [1.165, 1.54) is 12.6 Å². The minimum absolute atomic E-state index is 0.199. The first kappa shape index (κ1) is 15.8. The van der Waals surface area contributed by atoms with E-state index in [1.54, 1.807) is 19.1 Å². The van der Waals surface area contributed by atoms with Crippen LogP contribution in [-0.2, 0) is 4.74 Å². The van der Waals surface area contributed by atoms with Crippen LogP contribution in [0, 0.1) is 11.3 Å². The smallest absolute Gasteiger partial charge is 0.339 e. The van der Waals surface area contributed by atoms with E-state index in [1.807, 2.05) is 0 Å². The number of esters is 1. The molecule has 21 heavy (non-hydrogen) atoms. The van der Waals surface area contributed by atoms with Crippen molar-refractivity contribution in [3.63, 3.8) is 0 Å². The third-order valence-electron chi connectivity index (χ3n) is 3.88. The van der Waals surface area contributed by atoms with Crippen LogP contribution in [-0.4, -0.2) is 23.7 Å². The van der Waals surface area contributed by atoms with Crippen LogP contribution in [0.25, 0.3) is 0 Å². The van der Waals surface area contributed by atoms with E-state index in [2.05, 4.69) is 25.8 Å². The molecule has 116 valence electrons. The first-order chi connectivity index (χ1) is 9.89.